The number of piperazine rings is 1. The highest BCUT2D eigenvalue weighted by Gasteiger charge is 2.31. The van der Waals surface area contributed by atoms with E-state index in [2.05, 4.69) is 5.32 Å². The van der Waals surface area contributed by atoms with Crippen molar-refractivity contribution in [3.8, 4) is 0 Å². The number of hydrogen-bond donors (Lipinski definition) is 1. The molecule has 0 unspecified atom stereocenters. The predicted molar refractivity (Wildman–Crippen MR) is 113 cm³/mol. The lowest BCUT2D eigenvalue weighted by atomic mass is 10.1. The Bertz CT molecular complexity index is 1090. The molecule has 1 aliphatic heterocycles. The van der Waals surface area contributed by atoms with E-state index < -0.39 is 11.7 Å². The summed E-state index contributed by atoms with van der Waals surface area (Å²) in [6.07, 6.45) is -2.99. The number of benzene rings is 2. The van der Waals surface area contributed by atoms with Gasteiger partial charge >= 0.3 is 6.18 Å². The van der Waals surface area contributed by atoms with Gasteiger partial charge < -0.3 is 19.5 Å². The van der Waals surface area contributed by atoms with Crippen LogP contribution in [0.3, 0.4) is 0 Å². The van der Waals surface area contributed by atoms with E-state index >= 15 is 0 Å². The Balaban J connectivity index is 1.35. The minimum Gasteiger partial charge on any atom is -0.459 e. The number of nitrogens with zero attached hydrogens (tertiary/aromatic N) is 2. The normalized spacial score (nSPS) is 14.3. The summed E-state index contributed by atoms with van der Waals surface area (Å²) < 4.78 is 43.9. The number of alkyl halides is 3. The Hall–Kier alpha value is -3.75. The molecule has 0 bridgehead atoms. The number of amides is 2. The summed E-state index contributed by atoms with van der Waals surface area (Å²) in [6, 6.07) is 14.9. The molecule has 1 aromatic heterocycles. The van der Waals surface area contributed by atoms with Gasteiger partial charge in [0.05, 0.1) is 11.8 Å². The van der Waals surface area contributed by atoms with Gasteiger partial charge in [0, 0.05) is 43.1 Å². The number of carbonyl (C=O) groups excluding carboxylic acids is 2. The molecule has 4 rings (SSSR count). The predicted octanol–water partition coefficient (Wildman–Crippen LogP) is 4.51. The SMILES string of the molecule is O=C(Nc1ccc(C(=O)N2CCN(c3cccc(C(F)(F)F)c3)CC2)cc1)c1ccco1. The van der Waals surface area contributed by atoms with Crippen molar-refractivity contribution in [2.45, 2.75) is 6.18 Å². The molecule has 3 aromatic rings. The average Bonchev–Trinajstić information content (AvgIpc) is 3.34. The highest BCUT2D eigenvalue weighted by Crippen LogP contribution is 2.32. The molecule has 0 radical (unpaired) electrons. The van der Waals surface area contributed by atoms with E-state index in [1.54, 1.807) is 47.4 Å². The van der Waals surface area contributed by atoms with Crippen LogP contribution >= 0.6 is 0 Å². The van der Waals surface area contributed by atoms with Crippen molar-refractivity contribution in [2.75, 3.05) is 36.4 Å². The van der Waals surface area contributed by atoms with Gasteiger partial charge in [0.15, 0.2) is 5.76 Å². The Morgan fingerprint density at radius 2 is 1.62 bits per heavy atom. The number of carbonyl (C=O) groups is 2. The topological polar surface area (TPSA) is 65.8 Å². The Morgan fingerprint density at radius 1 is 0.906 bits per heavy atom. The molecule has 166 valence electrons. The molecule has 1 aliphatic rings. The molecule has 0 spiro atoms. The van der Waals surface area contributed by atoms with Crippen molar-refractivity contribution in [3.05, 3.63) is 83.8 Å². The second kappa shape index (κ2) is 8.78. The van der Waals surface area contributed by atoms with Gasteiger partial charge in [0.1, 0.15) is 0 Å². The van der Waals surface area contributed by atoms with Crippen LogP contribution in [0.5, 0.6) is 0 Å². The number of furan rings is 1. The number of hydrogen-bond acceptors (Lipinski definition) is 4. The minimum absolute atomic E-state index is 0.169. The molecule has 6 nitrogen and oxygen atoms in total. The van der Waals surface area contributed by atoms with Gasteiger partial charge in [-0.05, 0) is 54.6 Å². The molecule has 2 aromatic carbocycles. The maximum absolute atomic E-state index is 13.0. The first-order valence-electron chi connectivity index (χ1n) is 9.98. The molecule has 0 saturated carbocycles. The summed E-state index contributed by atoms with van der Waals surface area (Å²) in [5.41, 5.74) is 0.794. The van der Waals surface area contributed by atoms with Gasteiger partial charge in [-0.15, -0.1) is 0 Å². The van der Waals surface area contributed by atoms with Crippen LogP contribution in [0.4, 0.5) is 24.5 Å². The van der Waals surface area contributed by atoms with Crippen LogP contribution in [0.2, 0.25) is 0 Å². The first kappa shape index (κ1) is 21.5. The van der Waals surface area contributed by atoms with Gasteiger partial charge in [-0.3, -0.25) is 9.59 Å². The second-order valence-corrected chi connectivity index (χ2v) is 7.34. The summed E-state index contributed by atoms with van der Waals surface area (Å²) >= 11 is 0. The Labute approximate surface area is 182 Å². The molecule has 0 aliphatic carbocycles. The van der Waals surface area contributed by atoms with Gasteiger partial charge in [-0.25, -0.2) is 0 Å². The highest BCUT2D eigenvalue weighted by atomic mass is 19.4. The van der Waals surface area contributed by atoms with Crippen molar-refractivity contribution in [1.82, 2.24) is 4.90 Å². The molecule has 2 heterocycles. The first-order valence-corrected chi connectivity index (χ1v) is 9.98. The monoisotopic (exact) mass is 443 g/mol. The van der Waals surface area contributed by atoms with Crippen molar-refractivity contribution < 1.29 is 27.2 Å². The van der Waals surface area contributed by atoms with Gasteiger partial charge in [-0.1, -0.05) is 6.07 Å². The van der Waals surface area contributed by atoms with E-state index in [-0.39, 0.29) is 17.6 Å². The zero-order chi connectivity index (χ0) is 22.7. The number of halogens is 3. The summed E-state index contributed by atoms with van der Waals surface area (Å²) in [5, 5.41) is 2.68. The largest absolute Gasteiger partial charge is 0.459 e. The molecule has 9 heteroatoms. The van der Waals surface area contributed by atoms with Gasteiger partial charge in [0.25, 0.3) is 11.8 Å². The molecule has 0 atom stereocenters. The van der Waals surface area contributed by atoms with E-state index in [1.165, 1.54) is 12.3 Å². The molecule has 1 saturated heterocycles. The third-order valence-corrected chi connectivity index (χ3v) is 5.24. The van der Waals surface area contributed by atoms with Gasteiger partial charge in [-0.2, -0.15) is 13.2 Å². The van der Waals surface area contributed by atoms with Crippen LogP contribution in [-0.4, -0.2) is 42.9 Å². The van der Waals surface area contributed by atoms with Crippen molar-refractivity contribution in [3.63, 3.8) is 0 Å². The average molecular weight is 443 g/mol. The zero-order valence-corrected chi connectivity index (χ0v) is 16.9. The highest BCUT2D eigenvalue weighted by molar-refractivity contribution is 6.02. The Morgan fingerprint density at radius 3 is 2.25 bits per heavy atom. The molecular weight excluding hydrogens is 423 g/mol. The standard InChI is InChI=1S/C23H20F3N3O3/c24-23(25,26)17-3-1-4-19(15-17)28-10-12-29(13-11-28)22(31)16-6-8-18(9-7-16)27-21(30)20-5-2-14-32-20/h1-9,14-15H,10-13H2,(H,27,30). The third-order valence-electron chi connectivity index (χ3n) is 5.24. The van der Waals surface area contributed by atoms with E-state index in [0.717, 1.165) is 12.1 Å². The molecular formula is C23H20F3N3O3. The van der Waals surface area contributed by atoms with E-state index in [1.807, 2.05) is 4.90 Å². The van der Waals surface area contributed by atoms with Crippen molar-refractivity contribution in [1.29, 1.82) is 0 Å². The van der Waals surface area contributed by atoms with Crippen molar-refractivity contribution >= 4 is 23.2 Å². The number of anilines is 2. The molecule has 1 fully saturated rings. The van der Waals surface area contributed by atoms with Gasteiger partial charge in [0.2, 0.25) is 0 Å². The third kappa shape index (κ3) is 4.77. The fraction of sp³-hybridized carbons (Fsp3) is 0.217. The zero-order valence-electron chi connectivity index (χ0n) is 16.9. The number of rotatable bonds is 4. The van der Waals surface area contributed by atoms with Crippen LogP contribution in [0, 0.1) is 0 Å². The Kier molecular flexibility index (Phi) is 5.89. The molecule has 1 N–H and O–H groups in total. The summed E-state index contributed by atoms with van der Waals surface area (Å²) in [4.78, 5) is 28.3. The van der Waals surface area contributed by atoms with Crippen molar-refractivity contribution in [2.24, 2.45) is 0 Å². The van der Waals surface area contributed by atoms with Crippen LogP contribution in [-0.2, 0) is 6.18 Å². The second-order valence-electron chi connectivity index (χ2n) is 7.34. The first-order chi connectivity index (χ1) is 15.3. The maximum Gasteiger partial charge on any atom is 0.416 e. The fourth-order valence-corrected chi connectivity index (χ4v) is 3.53. The summed E-state index contributed by atoms with van der Waals surface area (Å²) in [5.74, 6) is -0.374. The lowest BCUT2D eigenvalue weighted by Gasteiger charge is -2.36. The number of nitrogens with one attached hydrogen (secondary N) is 1. The lowest BCUT2D eigenvalue weighted by molar-refractivity contribution is -0.137. The van der Waals surface area contributed by atoms with E-state index in [4.69, 9.17) is 4.42 Å². The summed E-state index contributed by atoms with van der Waals surface area (Å²) in [7, 11) is 0. The quantitative estimate of drug-likeness (QED) is 0.644. The molecule has 32 heavy (non-hydrogen) atoms. The summed E-state index contributed by atoms with van der Waals surface area (Å²) in [6.45, 7) is 1.66. The fourth-order valence-electron chi connectivity index (χ4n) is 3.53. The van der Waals surface area contributed by atoms with Crippen LogP contribution < -0.4 is 10.2 Å². The van der Waals surface area contributed by atoms with Crippen LogP contribution in [0.15, 0.2) is 71.3 Å². The maximum atomic E-state index is 13.0. The van der Waals surface area contributed by atoms with E-state index in [9.17, 15) is 22.8 Å². The smallest absolute Gasteiger partial charge is 0.416 e. The minimum atomic E-state index is -4.39. The van der Waals surface area contributed by atoms with E-state index in [0.29, 0.717) is 43.1 Å². The van der Waals surface area contributed by atoms with Crippen LogP contribution in [0.1, 0.15) is 26.5 Å². The molecule has 2 amide bonds. The lowest BCUT2D eigenvalue weighted by Crippen LogP contribution is -2.48. The van der Waals surface area contributed by atoms with Crippen LogP contribution in [0.25, 0.3) is 0 Å².